The van der Waals surface area contributed by atoms with Gasteiger partial charge < -0.3 is 18.9 Å². The van der Waals surface area contributed by atoms with Crippen LogP contribution in [-0.2, 0) is 9.53 Å². The predicted octanol–water partition coefficient (Wildman–Crippen LogP) is 4.94. The van der Waals surface area contributed by atoms with Gasteiger partial charge in [-0.15, -0.1) is 0 Å². The molecule has 11 heteroatoms. The largest absolute Gasteiger partial charge is 0.493 e. The first-order chi connectivity index (χ1) is 16.9. The maximum Gasteiger partial charge on any atom is 0.339 e. The van der Waals surface area contributed by atoms with E-state index in [-0.39, 0.29) is 5.56 Å². The second kappa shape index (κ2) is 10.7. The van der Waals surface area contributed by atoms with Gasteiger partial charge in [-0.25, -0.2) is 14.8 Å². The van der Waals surface area contributed by atoms with Gasteiger partial charge in [-0.1, -0.05) is 29.5 Å². The number of methoxy groups -OCH3 is 3. The number of benzene rings is 2. The first kappa shape index (κ1) is 24.4. The van der Waals surface area contributed by atoms with Crippen molar-refractivity contribution in [3.8, 4) is 28.5 Å². The van der Waals surface area contributed by atoms with E-state index in [4.69, 9.17) is 23.9 Å². The Balaban J connectivity index is 1.66. The molecule has 0 unspecified atom stereocenters. The molecule has 35 heavy (non-hydrogen) atoms. The highest BCUT2D eigenvalue weighted by Crippen LogP contribution is 2.41. The number of esters is 1. The zero-order chi connectivity index (χ0) is 24.9. The average Bonchev–Trinajstić information content (AvgIpc) is 3.29. The minimum Gasteiger partial charge on any atom is -0.493 e. The first-order valence-corrected chi connectivity index (χ1v) is 11.8. The van der Waals surface area contributed by atoms with Crippen LogP contribution in [0.1, 0.15) is 10.4 Å². The van der Waals surface area contributed by atoms with Crippen molar-refractivity contribution in [2.45, 2.75) is 0 Å². The molecule has 0 saturated heterocycles. The van der Waals surface area contributed by atoms with Crippen LogP contribution in [0.25, 0.3) is 22.2 Å². The number of carbonyl (C=O) groups excluding carboxylic acids is 2. The van der Waals surface area contributed by atoms with Gasteiger partial charge >= 0.3 is 5.97 Å². The number of thiazole rings is 1. The number of hydrogen-bond donors (Lipinski definition) is 1. The molecule has 2 aromatic carbocycles. The van der Waals surface area contributed by atoms with Crippen LogP contribution in [0, 0.1) is 0 Å². The van der Waals surface area contributed by atoms with Crippen molar-refractivity contribution in [3.05, 3.63) is 58.0 Å². The topological polar surface area (TPSA) is 109 Å². The summed E-state index contributed by atoms with van der Waals surface area (Å²) in [5.41, 5.74) is 1.99. The Morgan fingerprint density at radius 2 is 1.74 bits per heavy atom. The standard InChI is InChI=1S/C24H20BrN3O6S/c1-31-18-8-13(9-19(32-2)22(18)33-3)17-10-15(14-6-4-5-7-16(14)27-17)23(30)34-12-21(29)28-24-26-11-20(25)35-24/h4-11H,12H2,1-3H3,(H,26,28,29). The van der Waals surface area contributed by atoms with Gasteiger partial charge in [-0.2, -0.15) is 0 Å². The number of carbonyl (C=O) groups is 2. The van der Waals surface area contributed by atoms with Crippen LogP contribution < -0.4 is 19.5 Å². The number of hydrogen-bond acceptors (Lipinski definition) is 9. The van der Waals surface area contributed by atoms with Crippen LogP contribution in [0.4, 0.5) is 5.13 Å². The molecule has 4 aromatic rings. The smallest absolute Gasteiger partial charge is 0.339 e. The Hall–Kier alpha value is -3.70. The van der Waals surface area contributed by atoms with Gasteiger partial charge in [0.05, 0.1) is 48.1 Å². The maximum absolute atomic E-state index is 13.0. The van der Waals surface area contributed by atoms with E-state index in [1.807, 2.05) is 6.07 Å². The number of fused-ring (bicyclic) bond motifs is 1. The van der Waals surface area contributed by atoms with E-state index in [0.717, 1.165) is 3.79 Å². The molecule has 4 rings (SSSR count). The lowest BCUT2D eigenvalue weighted by molar-refractivity contribution is -0.119. The Labute approximate surface area is 213 Å². The highest BCUT2D eigenvalue weighted by atomic mass is 79.9. The van der Waals surface area contributed by atoms with E-state index < -0.39 is 18.5 Å². The number of nitrogens with one attached hydrogen (secondary N) is 1. The summed E-state index contributed by atoms with van der Waals surface area (Å²) in [5, 5.41) is 3.58. The number of anilines is 1. The Kier molecular flexibility index (Phi) is 7.47. The summed E-state index contributed by atoms with van der Waals surface area (Å²) in [5.74, 6) is 0.187. The second-order valence-electron chi connectivity index (χ2n) is 7.08. The van der Waals surface area contributed by atoms with Crippen molar-refractivity contribution in [3.63, 3.8) is 0 Å². The highest BCUT2D eigenvalue weighted by Gasteiger charge is 2.19. The van der Waals surface area contributed by atoms with Crippen molar-refractivity contribution < 1.29 is 28.5 Å². The summed E-state index contributed by atoms with van der Waals surface area (Å²) < 4.78 is 22.4. The number of amides is 1. The van der Waals surface area contributed by atoms with Crippen molar-refractivity contribution in [1.82, 2.24) is 9.97 Å². The molecular weight excluding hydrogens is 538 g/mol. The van der Waals surface area contributed by atoms with Gasteiger partial charge in [-0.05, 0) is 40.2 Å². The number of ether oxygens (including phenoxy) is 4. The molecule has 0 radical (unpaired) electrons. The summed E-state index contributed by atoms with van der Waals surface area (Å²) in [6.45, 7) is -0.466. The van der Waals surface area contributed by atoms with E-state index in [1.54, 1.807) is 42.6 Å². The number of pyridine rings is 1. The van der Waals surface area contributed by atoms with Gasteiger partial charge in [-0.3, -0.25) is 10.1 Å². The van der Waals surface area contributed by atoms with Crippen molar-refractivity contribution in [2.24, 2.45) is 0 Å². The monoisotopic (exact) mass is 557 g/mol. The lowest BCUT2D eigenvalue weighted by atomic mass is 10.0. The van der Waals surface area contributed by atoms with Crippen molar-refractivity contribution in [2.75, 3.05) is 33.3 Å². The van der Waals surface area contributed by atoms with E-state index in [2.05, 4.69) is 26.2 Å². The van der Waals surface area contributed by atoms with Gasteiger partial charge in [0, 0.05) is 10.9 Å². The van der Waals surface area contributed by atoms with Crippen molar-refractivity contribution >= 4 is 55.2 Å². The van der Waals surface area contributed by atoms with E-state index in [0.29, 0.717) is 44.5 Å². The van der Waals surface area contributed by atoms with Crippen LogP contribution in [-0.4, -0.2) is 49.8 Å². The molecule has 1 amide bonds. The number of nitrogens with zero attached hydrogens (tertiary/aromatic N) is 2. The third kappa shape index (κ3) is 5.36. The molecular formula is C24H20BrN3O6S. The average molecular weight is 558 g/mol. The lowest BCUT2D eigenvalue weighted by Crippen LogP contribution is -2.21. The summed E-state index contributed by atoms with van der Waals surface area (Å²) in [6, 6.07) is 12.3. The van der Waals surface area contributed by atoms with Crippen LogP contribution >= 0.6 is 27.3 Å². The quantitative estimate of drug-likeness (QED) is 0.303. The zero-order valence-electron chi connectivity index (χ0n) is 19.0. The molecule has 0 aliphatic rings. The van der Waals surface area contributed by atoms with Crippen molar-refractivity contribution in [1.29, 1.82) is 0 Å². The third-order valence-corrected chi connectivity index (χ3v) is 6.35. The predicted molar refractivity (Wildman–Crippen MR) is 136 cm³/mol. The Bertz CT molecular complexity index is 1380. The zero-order valence-corrected chi connectivity index (χ0v) is 21.4. The molecule has 1 N–H and O–H groups in total. The molecule has 180 valence electrons. The fraction of sp³-hybridized carbons (Fsp3) is 0.167. The molecule has 0 aliphatic heterocycles. The highest BCUT2D eigenvalue weighted by molar-refractivity contribution is 9.11. The fourth-order valence-electron chi connectivity index (χ4n) is 3.40. The summed E-state index contributed by atoms with van der Waals surface area (Å²) in [6.07, 6.45) is 1.57. The molecule has 0 spiro atoms. The molecule has 2 heterocycles. The fourth-order valence-corrected chi connectivity index (χ4v) is 4.52. The number of rotatable bonds is 8. The molecule has 0 aliphatic carbocycles. The molecule has 0 atom stereocenters. The maximum atomic E-state index is 13.0. The summed E-state index contributed by atoms with van der Waals surface area (Å²) in [7, 11) is 4.56. The van der Waals surface area contributed by atoms with Gasteiger partial charge in [0.15, 0.2) is 23.2 Å². The van der Waals surface area contributed by atoms with Gasteiger partial charge in [0.1, 0.15) is 0 Å². The normalized spacial score (nSPS) is 10.6. The number of aromatic nitrogens is 2. The van der Waals surface area contributed by atoms with E-state index in [1.165, 1.54) is 32.7 Å². The SMILES string of the molecule is COc1cc(-c2cc(C(=O)OCC(=O)Nc3ncc(Br)s3)c3ccccc3n2)cc(OC)c1OC. The minimum absolute atomic E-state index is 0.268. The van der Waals surface area contributed by atoms with Crippen LogP contribution in [0.5, 0.6) is 17.2 Å². The molecule has 0 fully saturated rings. The third-order valence-electron chi connectivity index (χ3n) is 4.95. The van der Waals surface area contributed by atoms with Crippen LogP contribution in [0.15, 0.2) is 52.4 Å². The minimum atomic E-state index is -0.659. The number of para-hydroxylation sites is 1. The van der Waals surface area contributed by atoms with E-state index >= 15 is 0 Å². The Morgan fingerprint density at radius 1 is 1.03 bits per heavy atom. The van der Waals surface area contributed by atoms with E-state index in [9.17, 15) is 9.59 Å². The molecule has 0 bridgehead atoms. The summed E-state index contributed by atoms with van der Waals surface area (Å²) >= 11 is 4.53. The molecule has 2 aromatic heterocycles. The van der Waals surface area contributed by atoms with Gasteiger partial charge in [0.25, 0.3) is 5.91 Å². The van der Waals surface area contributed by atoms with Gasteiger partial charge in [0.2, 0.25) is 5.75 Å². The first-order valence-electron chi connectivity index (χ1n) is 10.2. The molecule has 9 nitrogen and oxygen atoms in total. The lowest BCUT2D eigenvalue weighted by Gasteiger charge is -2.15. The second-order valence-corrected chi connectivity index (χ2v) is 9.49. The van der Waals surface area contributed by atoms with Crippen LogP contribution in [0.3, 0.4) is 0 Å². The summed E-state index contributed by atoms with van der Waals surface area (Å²) in [4.78, 5) is 34.0. The molecule has 0 saturated carbocycles. The number of halogens is 1. The Morgan fingerprint density at radius 3 is 2.37 bits per heavy atom. The van der Waals surface area contributed by atoms with Crippen LogP contribution in [0.2, 0.25) is 0 Å².